The monoisotopic (exact) mass is 317 g/mol. The predicted molar refractivity (Wildman–Crippen MR) is 94.0 cm³/mol. The van der Waals surface area contributed by atoms with Gasteiger partial charge in [0.2, 0.25) is 6.79 Å². The van der Waals surface area contributed by atoms with Gasteiger partial charge in [-0.2, -0.15) is 0 Å². The van der Waals surface area contributed by atoms with Crippen LogP contribution < -0.4 is 14.8 Å². The third kappa shape index (κ3) is 5.42. The van der Waals surface area contributed by atoms with Gasteiger partial charge < -0.3 is 14.8 Å². The van der Waals surface area contributed by atoms with Crippen molar-refractivity contribution in [2.75, 3.05) is 6.79 Å². The second-order valence-electron chi connectivity index (χ2n) is 7.02. The van der Waals surface area contributed by atoms with Crippen molar-refractivity contribution in [3.63, 3.8) is 0 Å². The van der Waals surface area contributed by atoms with Crippen molar-refractivity contribution in [2.45, 2.75) is 83.2 Å². The van der Waals surface area contributed by atoms with Crippen molar-refractivity contribution in [2.24, 2.45) is 0 Å². The molecule has 0 aromatic heterocycles. The van der Waals surface area contributed by atoms with Gasteiger partial charge in [0.15, 0.2) is 11.5 Å². The highest BCUT2D eigenvalue weighted by Gasteiger charge is 2.14. The summed E-state index contributed by atoms with van der Waals surface area (Å²) in [6.07, 6.45) is 15.4. The van der Waals surface area contributed by atoms with E-state index < -0.39 is 0 Å². The Morgan fingerprint density at radius 3 is 2.09 bits per heavy atom. The predicted octanol–water partition coefficient (Wildman–Crippen LogP) is 5.18. The number of hydrogen-bond acceptors (Lipinski definition) is 3. The number of fused-ring (bicyclic) bond motifs is 1. The quantitative estimate of drug-likeness (QED) is 0.833. The standard InChI is InChI=1S/C20H31NO2/c1-2-4-6-8-10-18(11-9-7-5-3-1)21-15-17-12-13-19-20(14-17)23-16-22-19/h12-14,18,21H,1-11,15-16H2. The Hall–Kier alpha value is -1.22. The van der Waals surface area contributed by atoms with E-state index in [0.29, 0.717) is 12.8 Å². The van der Waals surface area contributed by atoms with Crippen LogP contribution in [0.5, 0.6) is 11.5 Å². The maximum atomic E-state index is 5.47. The first-order valence-electron chi connectivity index (χ1n) is 9.54. The first kappa shape index (κ1) is 16.6. The van der Waals surface area contributed by atoms with E-state index in [1.54, 1.807) is 0 Å². The Kier molecular flexibility index (Phi) is 6.63. The molecule has 0 bridgehead atoms. The average molecular weight is 317 g/mol. The summed E-state index contributed by atoms with van der Waals surface area (Å²) in [7, 11) is 0. The Morgan fingerprint density at radius 2 is 1.39 bits per heavy atom. The van der Waals surface area contributed by atoms with E-state index >= 15 is 0 Å². The maximum Gasteiger partial charge on any atom is 0.231 e. The van der Waals surface area contributed by atoms with Crippen LogP contribution in [0.25, 0.3) is 0 Å². The fourth-order valence-corrected chi connectivity index (χ4v) is 3.68. The highest BCUT2D eigenvalue weighted by Crippen LogP contribution is 2.32. The Bertz CT molecular complexity index is 463. The van der Waals surface area contributed by atoms with Crippen LogP contribution in [0.1, 0.15) is 76.2 Å². The van der Waals surface area contributed by atoms with Crippen molar-refractivity contribution in [3.8, 4) is 11.5 Å². The molecule has 0 saturated heterocycles. The molecule has 1 saturated carbocycles. The number of ether oxygens (including phenoxy) is 2. The largest absolute Gasteiger partial charge is 0.454 e. The van der Waals surface area contributed by atoms with Crippen molar-refractivity contribution in [1.29, 1.82) is 0 Å². The van der Waals surface area contributed by atoms with Crippen LogP contribution in [0.3, 0.4) is 0 Å². The highest BCUT2D eigenvalue weighted by molar-refractivity contribution is 5.44. The number of hydrogen-bond donors (Lipinski definition) is 1. The molecule has 0 atom stereocenters. The van der Waals surface area contributed by atoms with Crippen molar-refractivity contribution in [1.82, 2.24) is 5.32 Å². The summed E-state index contributed by atoms with van der Waals surface area (Å²) in [4.78, 5) is 0. The lowest BCUT2D eigenvalue weighted by Crippen LogP contribution is -2.28. The molecule has 0 radical (unpaired) electrons. The number of rotatable bonds is 3. The van der Waals surface area contributed by atoms with Gasteiger partial charge in [0.1, 0.15) is 0 Å². The molecule has 128 valence electrons. The first-order chi connectivity index (χ1) is 11.4. The van der Waals surface area contributed by atoms with Crippen LogP contribution in [0.15, 0.2) is 18.2 Å². The zero-order chi connectivity index (χ0) is 15.7. The molecule has 23 heavy (non-hydrogen) atoms. The molecular formula is C20H31NO2. The van der Waals surface area contributed by atoms with E-state index in [1.165, 1.54) is 76.2 Å². The Labute approximate surface area is 140 Å². The van der Waals surface area contributed by atoms with Gasteiger partial charge in [-0.05, 0) is 30.5 Å². The summed E-state index contributed by atoms with van der Waals surface area (Å²) in [5.74, 6) is 1.77. The second-order valence-corrected chi connectivity index (χ2v) is 7.02. The first-order valence-corrected chi connectivity index (χ1v) is 9.54. The van der Waals surface area contributed by atoms with Crippen molar-refractivity contribution >= 4 is 0 Å². The van der Waals surface area contributed by atoms with Gasteiger partial charge in [-0.1, -0.05) is 63.9 Å². The van der Waals surface area contributed by atoms with Gasteiger partial charge >= 0.3 is 0 Å². The Balaban J connectivity index is 1.47. The molecule has 1 N–H and O–H groups in total. The van der Waals surface area contributed by atoms with Crippen LogP contribution in [0.2, 0.25) is 0 Å². The minimum atomic E-state index is 0.356. The van der Waals surface area contributed by atoms with Crippen molar-refractivity contribution in [3.05, 3.63) is 23.8 Å². The van der Waals surface area contributed by atoms with Gasteiger partial charge in [-0.3, -0.25) is 0 Å². The lowest BCUT2D eigenvalue weighted by atomic mass is 9.98. The van der Waals surface area contributed by atoms with E-state index in [9.17, 15) is 0 Å². The average Bonchev–Trinajstić information content (AvgIpc) is 3.02. The van der Waals surface area contributed by atoms with Gasteiger partial charge in [-0.15, -0.1) is 0 Å². The molecule has 1 fully saturated rings. The molecule has 3 nitrogen and oxygen atoms in total. The molecule has 3 heteroatoms. The van der Waals surface area contributed by atoms with Crippen LogP contribution in [0.4, 0.5) is 0 Å². The maximum absolute atomic E-state index is 5.47. The lowest BCUT2D eigenvalue weighted by molar-refractivity contribution is 0.174. The molecule has 1 aromatic rings. The van der Waals surface area contributed by atoms with Crippen LogP contribution in [-0.4, -0.2) is 12.8 Å². The van der Waals surface area contributed by atoms with Crippen LogP contribution in [-0.2, 0) is 6.54 Å². The van der Waals surface area contributed by atoms with Gasteiger partial charge in [0.05, 0.1) is 0 Å². The molecule has 2 aliphatic rings. The van der Waals surface area contributed by atoms with E-state index in [-0.39, 0.29) is 0 Å². The van der Waals surface area contributed by atoms with Crippen molar-refractivity contribution < 1.29 is 9.47 Å². The summed E-state index contributed by atoms with van der Waals surface area (Å²) in [5, 5.41) is 3.78. The van der Waals surface area contributed by atoms with E-state index in [4.69, 9.17) is 9.47 Å². The fourth-order valence-electron chi connectivity index (χ4n) is 3.68. The molecule has 0 unspecified atom stereocenters. The molecular weight excluding hydrogens is 286 g/mol. The smallest absolute Gasteiger partial charge is 0.231 e. The zero-order valence-corrected chi connectivity index (χ0v) is 14.3. The summed E-state index contributed by atoms with van der Waals surface area (Å²) in [5.41, 5.74) is 1.29. The minimum Gasteiger partial charge on any atom is -0.454 e. The fraction of sp³-hybridized carbons (Fsp3) is 0.700. The van der Waals surface area contributed by atoms with Gasteiger partial charge in [-0.25, -0.2) is 0 Å². The summed E-state index contributed by atoms with van der Waals surface area (Å²) >= 11 is 0. The summed E-state index contributed by atoms with van der Waals surface area (Å²) in [6.45, 7) is 1.29. The SMILES string of the molecule is c1cc2c(cc1CNC1CCCCCCCCCCC1)OCO2. The van der Waals surface area contributed by atoms with Gasteiger partial charge in [0.25, 0.3) is 0 Å². The third-order valence-corrected chi connectivity index (χ3v) is 5.14. The molecule has 1 heterocycles. The molecule has 1 aliphatic heterocycles. The lowest BCUT2D eigenvalue weighted by Gasteiger charge is -2.20. The molecule has 1 aliphatic carbocycles. The molecule has 1 aromatic carbocycles. The molecule has 0 spiro atoms. The number of benzene rings is 1. The normalized spacial score (nSPS) is 20.7. The van der Waals surface area contributed by atoms with E-state index in [0.717, 1.165) is 18.0 Å². The Morgan fingerprint density at radius 1 is 0.783 bits per heavy atom. The summed E-state index contributed by atoms with van der Waals surface area (Å²) in [6, 6.07) is 6.96. The topological polar surface area (TPSA) is 30.5 Å². The third-order valence-electron chi connectivity index (χ3n) is 5.14. The van der Waals surface area contributed by atoms with E-state index in [2.05, 4.69) is 17.4 Å². The summed E-state index contributed by atoms with van der Waals surface area (Å²) < 4.78 is 10.9. The van der Waals surface area contributed by atoms with E-state index in [1.807, 2.05) is 6.07 Å². The molecule has 3 rings (SSSR count). The second kappa shape index (κ2) is 9.17. The van der Waals surface area contributed by atoms with Crippen LogP contribution in [0, 0.1) is 0 Å². The van der Waals surface area contributed by atoms with Gasteiger partial charge in [0, 0.05) is 12.6 Å². The number of nitrogens with one attached hydrogen (secondary N) is 1. The highest BCUT2D eigenvalue weighted by atomic mass is 16.7. The van der Waals surface area contributed by atoms with Crippen LogP contribution >= 0.6 is 0 Å². The minimum absolute atomic E-state index is 0.356. The molecule has 0 amide bonds. The zero-order valence-electron chi connectivity index (χ0n) is 14.3.